The van der Waals surface area contributed by atoms with Gasteiger partial charge in [-0.2, -0.15) is 9.85 Å². The molecule has 0 bridgehead atoms. The maximum Gasteiger partial charge on any atom is 0.171 e. The highest BCUT2D eigenvalue weighted by molar-refractivity contribution is 5.14. The predicted molar refractivity (Wildman–Crippen MR) is 80.6 cm³/mol. The molecule has 0 aromatic heterocycles. The zero-order valence-electron chi connectivity index (χ0n) is 13.3. The van der Waals surface area contributed by atoms with Crippen LogP contribution < -0.4 is 0 Å². The Labute approximate surface area is 122 Å². The number of rotatable bonds is 3. The van der Waals surface area contributed by atoms with Crippen molar-refractivity contribution in [1.29, 1.82) is 0 Å². The summed E-state index contributed by atoms with van der Waals surface area (Å²) in [5.74, 6) is 0.350. The third-order valence-corrected chi connectivity index (χ3v) is 4.12. The van der Waals surface area contributed by atoms with Crippen molar-refractivity contribution in [2.45, 2.75) is 65.3 Å². The lowest BCUT2D eigenvalue weighted by Gasteiger charge is -2.53. The first-order chi connectivity index (χ1) is 9.39. The zero-order valence-corrected chi connectivity index (χ0v) is 13.3. The number of nitrogens with zero attached hydrogens (tertiary/aromatic N) is 2. The molecule has 0 amide bonds. The van der Waals surface area contributed by atoms with Crippen molar-refractivity contribution in [3.05, 3.63) is 29.3 Å². The Morgan fingerprint density at radius 2 is 1.95 bits per heavy atom. The minimum atomic E-state index is -0.763. The van der Waals surface area contributed by atoms with E-state index in [1.807, 2.05) is 46.0 Å². The minimum absolute atomic E-state index is 0.276. The molecule has 2 aliphatic rings. The number of allylic oxidation sites excluding steroid dienone is 3. The van der Waals surface area contributed by atoms with Crippen LogP contribution in [-0.2, 0) is 4.84 Å². The van der Waals surface area contributed by atoms with Gasteiger partial charge in [-0.05, 0) is 46.6 Å². The van der Waals surface area contributed by atoms with E-state index in [4.69, 9.17) is 4.84 Å². The van der Waals surface area contributed by atoms with Gasteiger partial charge in [0.15, 0.2) is 5.70 Å². The predicted octanol–water partition coefficient (Wildman–Crippen LogP) is 4.26. The molecule has 0 aromatic rings. The zero-order chi connectivity index (χ0) is 14.8. The van der Waals surface area contributed by atoms with Crippen molar-refractivity contribution in [3.63, 3.8) is 0 Å². The van der Waals surface area contributed by atoms with Crippen LogP contribution in [0.15, 0.2) is 24.0 Å². The molecule has 1 heterocycles. The molecule has 114 valence electrons. The molecule has 0 radical (unpaired) electrons. The molecule has 0 spiro atoms. The lowest BCUT2D eigenvalue weighted by atomic mass is 9.86. The van der Waals surface area contributed by atoms with Crippen LogP contribution in [0.25, 0.3) is 0 Å². The lowest BCUT2D eigenvalue weighted by Crippen LogP contribution is -2.61. The second-order valence-corrected chi connectivity index (χ2v) is 6.72. The van der Waals surface area contributed by atoms with Gasteiger partial charge in [-0.3, -0.25) is 0 Å². The van der Waals surface area contributed by atoms with Crippen LogP contribution in [-0.4, -0.2) is 22.1 Å². The summed E-state index contributed by atoms with van der Waals surface area (Å²) in [4.78, 5) is 4.90. The van der Waals surface area contributed by atoms with E-state index in [0.717, 1.165) is 18.5 Å². The van der Waals surface area contributed by atoms with E-state index in [1.54, 1.807) is 5.01 Å². The van der Waals surface area contributed by atoms with Crippen LogP contribution in [0.2, 0.25) is 0 Å². The van der Waals surface area contributed by atoms with Gasteiger partial charge < -0.3 is 5.21 Å². The summed E-state index contributed by atoms with van der Waals surface area (Å²) >= 11 is 0. The number of hydroxylamine groups is 2. The molecule has 1 saturated carbocycles. The van der Waals surface area contributed by atoms with Gasteiger partial charge >= 0.3 is 0 Å². The standard InChI is InChI=1S/C16H28N2O2/c1-5-20-18(19)15(14-10-7-6-8-11-14)12-9-13-17(18)16(2,3)4/h9,12-14H,5-8,10-11H2,1-4H3. The van der Waals surface area contributed by atoms with Crippen molar-refractivity contribution in [1.82, 2.24) is 5.01 Å². The van der Waals surface area contributed by atoms with Crippen LogP contribution in [0.3, 0.4) is 0 Å². The quantitative estimate of drug-likeness (QED) is 0.572. The Hall–Kier alpha value is -0.840. The average molecular weight is 280 g/mol. The second kappa shape index (κ2) is 5.88. The van der Waals surface area contributed by atoms with Crippen LogP contribution in [0.4, 0.5) is 0 Å². The highest BCUT2D eigenvalue weighted by atomic mass is 17.0. The summed E-state index contributed by atoms with van der Waals surface area (Å²) < 4.78 is 0. The molecule has 1 unspecified atom stereocenters. The van der Waals surface area contributed by atoms with Gasteiger partial charge in [-0.25, -0.2) is 0 Å². The minimum Gasteiger partial charge on any atom is -0.567 e. The van der Waals surface area contributed by atoms with Gasteiger partial charge in [-0.1, -0.05) is 24.2 Å². The molecule has 0 N–H and O–H groups in total. The second-order valence-electron chi connectivity index (χ2n) is 6.72. The normalized spacial score (nSPS) is 28.6. The van der Waals surface area contributed by atoms with Crippen LogP contribution in [0, 0.1) is 11.1 Å². The van der Waals surface area contributed by atoms with Gasteiger partial charge in [-0.15, -0.1) is 0 Å². The SMILES string of the molecule is CCO[N+]1([O-])C(C2CCCCC2)=CC=CN1C(C)(C)C. The van der Waals surface area contributed by atoms with E-state index in [-0.39, 0.29) is 5.54 Å². The lowest BCUT2D eigenvalue weighted by molar-refractivity contribution is -1.13. The first-order valence-electron chi connectivity index (χ1n) is 7.83. The Morgan fingerprint density at radius 1 is 1.30 bits per heavy atom. The molecular formula is C16H28N2O2. The van der Waals surface area contributed by atoms with Crippen molar-refractivity contribution in [3.8, 4) is 0 Å². The van der Waals surface area contributed by atoms with Crippen LogP contribution >= 0.6 is 0 Å². The molecule has 0 aromatic carbocycles. The van der Waals surface area contributed by atoms with Crippen molar-refractivity contribution >= 4 is 0 Å². The summed E-state index contributed by atoms with van der Waals surface area (Å²) in [6.07, 6.45) is 11.7. The van der Waals surface area contributed by atoms with Gasteiger partial charge in [0.2, 0.25) is 0 Å². The third-order valence-electron chi connectivity index (χ3n) is 4.12. The first-order valence-corrected chi connectivity index (χ1v) is 7.83. The fraction of sp³-hybridized carbons (Fsp3) is 0.750. The Kier molecular flexibility index (Phi) is 4.57. The maximum absolute atomic E-state index is 13.5. The molecule has 20 heavy (non-hydrogen) atoms. The van der Waals surface area contributed by atoms with E-state index in [9.17, 15) is 5.21 Å². The van der Waals surface area contributed by atoms with E-state index >= 15 is 0 Å². The smallest absolute Gasteiger partial charge is 0.171 e. The molecule has 2 rings (SSSR count). The van der Waals surface area contributed by atoms with Crippen molar-refractivity contribution in [2.24, 2.45) is 5.92 Å². The average Bonchev–Trinajstić information content (AvgIpc) is 2.38. The van der Waals surface area contributed by atoms with E-state index < -0.39 is 4.92 Å². The van der Waals surface area contributed by atoms with E-state index in [1.165, 1.54) is 19.3 Å². The molecule has 1 fully saturated rings. The summed E-state index contributed by atoms with van der Waals surface area (Å²) in [6, 6.07) is 0. The van der Waals surface area contributed by atoms with E-state index in [0.29, 0.717) is 12.5 Å². The molecule has 1 aliphatic carbocycles. The van der Waals surface area contributed by atoms with Gasteiger partial charge in [0.1, 0.15) is 6.61 Å². The fourth-order valence-electron chi connectivity index (χ4n) is 3.22. The molecule has 4 heteroatoms. The highest BCUT2D eigenvalue weighted by Gasteiger charge is 2.43. The largest absolute Gasteiger partial charge is 0.567 e. The number of hydrogen-bond donors (Lipinski definition) is 0. The maximum atomic E-state index is 13.5. The van der Waals surface area contributed by atoms with Crippen LogP contribution in [0.1, 0.15) is 59.8 Å². The molecule has 0 saturated heterocycles. The Balaban J connectivity index is 2.33. The summed E-state index contributed by atoms with van der Waals surface area (Å²) in [5.41, 5.74) is 0.589. The number of hydrogen-bond acceptors (Lipinski definition) is 3. The summed E-state index contributed by atoms with van der Waals surface area (Å²) in [7, 11) is 0. The molecular weight excluding hydrogens is 252 g/mol. The Morgan fingerprint density at radius 3 is 2.50 bits per heavy atom. The third kappa shape index (κ3) is 2.92. The first kappa shape index (κ1) is 15.5. The van der Waals surface area contributed by atoms with Gasteiger partial charge in [0.25, 0.3) is 0 Å². The van der Waals surface area contributed by atoms with Crippen molar-refractivity contribution < 1.29 is 9.76 Å². The fourth-order valence-corrected chi connectivity index (χ4v) is 3.22. The topological polar surface area (TPSA) is 35.5 Å². The monoisotopic (exact) mass is 280 g/mol. The Bertz CT molecular complexity index is 392. The van der Waals surface area contributed by atoms with Gasteiger partial charge in [0.05, 0.1) is 11.7 Å². The van der Waals surface area contributed by atoms with Gasteiger partial charge in [0, 0.05) is 12.0 Å². The van der Waals surface area contributed by atoms with E-state index in [2.05, 4.69) is 0 Å². The summed E-state index contributed by atoms with van der Waals surface area (Å²) in [6.45, 7) is 8.44. The summed E-state index contributed by atoms with van der Waals surface area (Å²) in [5, 5.41) is 15.2. The van der Waals surface area contributed by atoms with Crippen LogP contribution in [0.5, 0.6) is 0 Å². The molecule has 4 nitrogen and oxygen atoms in total. The number of quaternary nitrogens is 1. The molecule has 1 aliphatic heterocycles. The highest BCUT2D eigenvalue weighted by Crippen LogP contribution is 2.40. The molecule has 1 atom stereocenters. The van der Waals surface area contributed by atoms with Crippen molar-refractivity contribution in [2.75, 3.05) is 6.61 Å².